The van der Waals surface area contributed by atoms with Gasteiger partial charge < -0.3 is 10.5 Å². The van der Waals surface area contributed by atoms with Crippen LogP contribution in [-0.4, -0.2) is 10.8 Å². The lowest BCUT2D eigenvalue weighted by atomic mass is 10.1. The molecule has 0 atom stereocenters. The van der Waals surface area contributed by atoms with Crippen LogP contribution in [0.3, 0.4) is 0 Å². The zero-order valence-corrected chi connectivity index (χ0v) is 11.6. The summed E-state index contributed by atoms with van der Waals surface area (Å²) in [7, 11) is 0. The third-order valence-corrected chi connectivity index (χ3v) is 3.00. The fourth-order valence-corrected chi connectivity index (χ4v) is 1.84. The van der Waals surface area contributed by atoms with Crippen molar-refractivity contribution in [2.75, 3.05) is 0 Å². The maximum Gasteiger partial charge on any atom is 0.312 e. The van der Waals surface area contributed by atoms with E-state index >= 15 is 0 Å². The Bertz CT molecular complexity index is 726. The van der Waals surface area contributed by atoms with E-state index in [0.717, 1.165) is 17.2 Å². The Morgan fingerprint density at radius 3 is 2.48 bits per heavy atom. The minimum atomic E-state index is -0.726. The number of nitro groups is 1. The SMILES string of the molecule is Cc1ccc(C)c(Oc2ccc(C(N)=O)cc2[N+](=O)[O-])c1. The van der Waals surface area contributed by atoms with Gasteiger partial charge in [0.1, 0.15) is 5.75 Å². The number of nitro benzene ring substituents is 1. The average Bonchev–Trinajstić information content (AvgIpc) is 2.42. The standard InChI is InChI=1S/C15H14N2O4/c1-9-3-4-10(2)14(7-9)21-13-6-5-11(15(16)18)8-12(13)17(19)20/h3-8H,1-2H3,(H2,16,18). The van der Waals surface area contributed by atoms with Crippen LogP contribution >= 0.6 is 0 Å². The molecule has 0 aliphatic carbocycles. The van der Waals surface area contributed by atoms with Gasteiger partial charge in [0.15, 0.2) is 0 Å². The predicted molar refractivity (Wildman–Crippen MR) is 77.6 cm³/mol. The second-order valence-corrected chi connectivity index (χ2v) is 4.67. The third kappa shape index (κ3) is 3.17. The van der Waals surface area contributed by atoms with E-state index < -0.39 is 10.8 Å². The molecule has 0 saturated heterocycles. The minimum Gasteiger partial charge on any atom is -0.450 e. The number of hydrogen-bond acceptors (Lipinski definition) is 4. The third-order valence-electron chi connectivity index (χ3n) is 3.00. The van der Waals surface area contributed by atoms with E-state index in [2.05, 4.69) is 0 Å². The van der Waals surface area contributed by atoms with Crippen molar-refractivity contribution >= 4 is 11.6 Å². The Kier molecular flexibility index (Phi) is 3.89. The molecular formula is C15H14N2O4. The summed E-state index contributed by atoms with van der Waals surface area (Å²) in [4.78, 5) is 21.6. The second kappa shape index (κ2) is 5.62. The van der Waals surface area contributed by atoms with Gasteiger partial charge in [0.05, 0.1) is 4.92 Å². The van der Waals surface area contributed by atoms with E-state index in [-0.39, 0.29) is 17.0 Å². The highest BCUT2D eigenvalue weighted by molar-refractivity contribution is 5.93. The molecule has 0 spiro atoms. The predicted octanol–water partition coefficient (Wildman–Crippen LogP) is 3.10. The number of ether oxygens (including phenoxy) is 1. The van der Waals surface area contributed by atoms with Crippen molar-refractivity contribution in [2.24, 2.45) is 5.73 Å². The number of primary amides is 1. The Hall–Kier alpha value is -2.89. The van der Waals surface area contributed by atoms with Gasteiger partial charge in [-0.15, -0.1) is 0 Å². The van der Waals surface area contributed by atoms with E-state index in [9.17, 15) is 14.9 Å². The van der Waals surface area contributed by atoms with E-state index in [1.807, 2.05) is 26.0 Å². The number of nitrogens with two attached hydrogens (primary N) is 1. The highest BCUT2D eigenvalue weighted by Crippen LogP contribution is 2.33. The first-order valence-electron chi connectivity index (χ1n) is 6.22. The van der Waals surface area contributed by atoms with Gasteiger partial charge in [-0.05, 0) is 43.2 Å². The summed E-state index contributed by atoms with van der Waals surface area (Å²) in [5.74, 6) is -0.125. The molecule has 108 valence electrons. The Labute approximate surface area is 121 Å². The monoisotopic (exact) mass is 286 g/mol. The first-order valence-corrected chi connectivity index (χ1v) is 6.22. The van der Waals surface area contributed by atoms with Crippen molar-refractivity contribution in [1.82, 2.24) is 0 Å². The number of benzene rings is 2. The summed E-state index contributed by atoms with van der Waals surface area (Å²) < 4.78 is 5.62. The summed E-state index contributed by atoms with van der Waals surface area (Å²) in [5, 5.41) is 11.1. The zero-order chi connectivity index (χ0) is 15.6. The molecule has 0 aromatic heterocycles. The highest BCUT2D eigenvalue weighted by atomic mass is 16.6. The molecule has 0 heterocycles. The summed E-state index contributed by atoms with van der Waals surface area (Å²) in [6.45, 7) is 3.75. The molecule has 2 rings (SSSR count). The maximum atomic E-state index is 11.1. The number of carbonyl (C=O) groups excluding carboxylic acids is 1. The molecule has 0 radical (unpaired) electrons. The fourth-order valence-electron chi connectivity index (χ4n) is 1.84. The van der Waals surface area contributed by atoms with E-state index in [1.54, 1.807) is 6.07 Å². The van der Waals surface area contributed by atoms with Gasteiger partial charge >= 0.3 is 5.69 Å². The molecule has 0 aliphatic rings. The van der Waals surface area contributed by atoms with Crippen molar-refractivity contribution in [3.63, 3.8) is 0 Å². The smallest absolute Gasteiger partial charge is 0.312 e. The largest absolute Gasteiger partial charge is 0.450 e. The van der Waals surface area contributed by atoms with Crippen molar-refractivity contribution in [2.45, 2.75) is 13.8 Å². The molecule has 0 unspecified atom stereocenters. The topological polar surface area (TPSA) is 95.5 Å². The molecule has 6 heteroatoms. The quantitative estimate of drug-likeness (QED) is 0.690. The maximum absolute atomic E-state index is 11.1. The summed E-state index contributed by atoms with van der Waals surface area (Å²) in [6, 6.07) is 9.47. The fraction of sp³-hybridized carbons (Fsp3) is 0.133. The van der Waals surface area contributed by atoms with Crippen LogP contribution in [0.25, 0.3) is 0 Å². The molecular weight excluding hydrogens is 272 g/mol. The van der Waals surface area contributed by atoms with Gasteiger partial charge in [-0.1, -0.05) is 12.1 Å². The van der Waals surface area contributed by atoms with Gasteiger partial charge in [0.2, 0.25) is 11.7 Å². The number of amides is 1. The molecule has 0 fully saturated rings. The van der Waals surface area contributed by atoms with Gasteiger partial charge in [-0.3, -0.25) is 14.9 Å². The molecule has 2 aromatic rings. The normalized spacial score (nSPS) is 10.2. The van der Waals surface area contributed by atoms with Crippen LogP contribution in [-0.2, 0) is 0 Å². The summed E-state index contributed by atoms with van der Waals surface area (Å²) in [5.41, 5.74) is 6.73. The van der Waals surface area contributed by atoms with Crippen LogP contribution in [0.15, 0.2) is 36.4 Å². The molecule has 2 N–H and O–H groups in total. The lowest BCUT2D eigenvalue weighted by molar-refractivity contribution is -0.385. The minimum absolute atomic E-state index is 0.0648. The van der Waals surface area contributed by atoms with Gasteiger partial charge in [0, 0.05) is 11.6 Å². The second-order valence-electron chi connectivity index (χ2n) is 4.67. The number of hydrogen-bond donors (Lipinski definition) is 1. The van der Waals surface area contributed by atoms with E-state index in [1.165, 1.54) is 12.1 Å². The summed E-state index contributed by atoms with van der Waals surface area (Å²) >= 11 is 0. The molecule has 0 saturated carbocycles. The molecule has 21 heavy (non-hydrogen) atoms. The molecule has 0 bridgehead atoms. The number of aryl methyl sites for hydroxylation is 2. The van der Waals surface area contributed by atoms with Gasteiger partial charge in [-0.2, -0.15) is 0 Å². The first-order chi connectivity index (χ1) is 9.88. The Morgan fingerprint density at radius 2 is 1.86 bits per heavy atom. The molecule has 0 aliphatic heterocycles. The van der Waals surface area contributed by atoms with Crippen molar-refractivity contribution < 1.29 is 14.5 Å². The van der Waals surface area contributed by atoms with Gasteiger partial charge in [0.25, 0.3) is 0 Å². The van der Waals surface area contributed by atoms with Crippen molar-refractivity contribution in [1.29, 1.82) is 0 Å². The number of nitrogens with zero attached hydrogens (tertiary/aromatic N) is 1. The first kappa shape index (κ1) is 14.5. The molecule has 2 aromatic carbocycles. The van der Waals surface area contributed by atoms with Crippen molar-refractivity contribution in [3.8, 4) is 11.5 Å². The number of carbonyl (C=O) groups is 1. The zero-order valence-electron chi connectivity index (χ0n) is 11.6. The molecule has 1 amide bonds. The van der Waals surface area contributed by atoms with Crippen LogP contribution in [0.5, 0.6) is 11.5 Å². The van der Waals surface area contributed by atoms with Crippen molar-refractivity contribution in [3.05, 3.63) is 63.2 Å². The van der Waals surface area contributed by atoms with Crippen LogP contribution < -0.4 is 10.5 Å². The lowest BCUT2D eigenvalue weighted by Crippen LogP contribution is -2.11. The van der Waals surface area contributed by atoms with E-state index in [4.69, 9.17) is 10.5 Å². The summed E-state index contributed by atoms with van der Waals surface area (Å²) in [6.07, 6.45) is 0. The molecule has 6 nitrogen and oxygen atoms in total. The van der Waals surface area contributed by atoms with Gasteiger partial charge in [-0.25, -0.2) is 0 Å². The Balaban J connectivity index is 2.46. The van der Waals surface area contributed by atoms with Crippen LogP contribution in [0, 0.1) is 24.0 Å². The number of rotatable bonds is 4. The Morgan fingerprint density at radius 1 is 1.14 bits per heavy atom. The lowest BCUT2D eigenvalue weighted by Gasteiger charge is -2.10. The van der Waals surface area contributed by atoms with Crippen LogP contribution in [0.1, 0.15) is 21.5 Å². The van der Waals surface area contributed by atoms with E-state index in [0.29, 0.717) is 5.75 Å². The van der Waals surface area contributed by atoms with Crippen LogP contribution in [0.2, 0.25) is 0 Å². The highest BCUT2D eigenvalue weighted by Gasteiger charge is 2.19. The van der Waals surface area contributed by atoms with Crippen LogP contribution in [0.4, 0.5) is 5.69 Å². The average molecular weight is 286 g/mol.